The quantitative estimate of drug-likeness (QED) is 0.589. The molecule has 4 aromatic rings. The lowest BCUT2D eigenvalue weighted by atomic mass is 10.0. The van der Waals surface area contributed by atoms with Gasteiger partial charge in [-0.05, 0) is 55.9 Å². The number of hydrogen-bond acceptors (Lipinski definition) is 7. The molecule has 7 heteroatoms. The molecular weight excluding hydrogens is 352 g/mol. The summed E-state index contributed by atoms with van der Waals surface area (Å²) in [4.78, 5) is 18.3. The van der Waals surface area contributed by atoms with E-state index in [2.05, 4.69) is 46.0 Å². The van der Waals surface area contributed by atoms with Crippen LogP contribution in [0.4, 0.5) is 11.8 Å². The molecule has 5 rings (SSSR count). The highest BCUT2D eigenvalue weighted by Gasteiger charge is 2.25. The van der Waals surface area contributed by atoms with Crippen LogP contribution in [-0.4, -0.2) is 53.1 Å². The van der Waals surface area contributed by atoms with E-state index >= 15 is 0 Å². The normalized spacial score (nSPS) is 17.2. The van der Waals surface area contributed by atoms with Gasteiger partial charge in [-0.1, -0.05) is 12.1 Å². The minimum absolute atomic E-state index is 0.183. The van der Waals surface area contributed by atoms with Crippen LogP contribution in [0, 0.1) is 0 Å². The van der Waals surface area contributed by atoms with Crippen molar-refractivity contribution in [3.63, 3.8) is 0 Å². The third kappa shape index (κ3) is 2.93. The summed E-state index contributed by atoms with van der Waals surface area (Å²) < 4.78 is 5.36. The summed E-state index contributed by atoms with van der Waals surface area (Å²) in [6.07, 6.45) is 3.03. The first-order valence-electron chi connectivity index (χ1n) is 9.41. The summed E-state index contributed by atoms with van der Waals surface area (Å²) in [6, 6.07) is 12.8. The molecule has 1 saturated heterocycles. The molecule has 1 unspecified atom stereocenters. The topological polar surface area (TPSA) is 84.3 Å². The van der Waals surface area contributed by atoms with Crippen molar-refractivity contribution in [1.82, 2.24) is 19.9 Å². The van der Waals surface area contributed by atoms with E-state index in [1.54, 1.807) is 0 Å². The van der Waals surface area contributed by atoms with E-state index in [4.69, 9.17) is 15.1 Å². The van der Waals surface area contributed by atoms with Crippen molar-refractivity contribution in [3.8, 4) is 11.1 Å². The average molecular weight is 374 g/mol. The largest absolute Gasteiger partial charge is 0.424 e. The van der Waals surface area contributed by atoms with Gasteiger partial charge >= 0.3 is 0 Å². The standard InChI is InChI=1S/C21H22N6O/c1-26(2)15-7-8-27(12-15)20-11-23-16-5-3-13(9-17(16)24-20)14-4-6-19-18(10-14)25-21(22)28-19/h3-6,9-11,15H,7-8,12H2,1-2H3,(H2,22,25). The van der Waals surface area contributed by atoms with Gasteiger partial charge in [-0.25, -0.2) is 4.98 Å². The molecule has 1 atom stereocenters. The fourth-order valence-electron chi connectivity index (χ4n) is 3.83. The van der Waals surface area contributed by atoms with Crippen LogP contribution in [-0.2, 0) is 0 Å². The lowest BCUT2D eigenvalue weighted by molar-refractivity contribution is 0.315. The Morgan fingerprint density at radius 2 is 1.82 bits per heavy atom. The average Bonchev–Trinajstić information content (AvgIpc) is 3.32. The third-order valence-corrected chi connectivity index (χ3v) is 5.48. The van der Waals surface area contributed by atoms with E-state index in [-0.39, 0.29) is 6.01 Å². The molecule has 0 radical (unpaired) electrons. The molecule has 0 amide bonds. The number of oxazole rings is 1. The maximum atomic E-state index is 5.65. The Bertz CT molecular complexity index is 1170. The molecule has 0 aliphatic carbocycles. The van der Waals surface area contributed by atoms with E-state index in [0.29, 0.717) is 11.6 Å². The Morgan fingerprint density at radius 3 is 2.61 bits per heavy atom. The van der Waals surface area contributed by atoms with Crippen LogP contribution in [0.2, 0.25) is 0 Å². The molecule has 0 bridgehead atoms. The van der Waals surface area contributed by atoms with Crippen LogP contribution in [0.15, 0.2) is 47.0 Å². The van der Waals surface area contributed by atoms with Crippen molar-refractivity contribution in [2.75, 3.05) is 37.8 Å². The van der Waals surface area contributed by atoms with Crippen LogP contribution >= 0.6 is 0 Å². The van der Waals surface area contributed by atoms with Crippen LogP contribution < -0.4 is 10.6 Å². The fraction of sp³-hybridized carbons (Fsp3) is 0.286. The minimum atomic E-state index is 0.183. The Morgan fingerprint density at radius 1 is 1.04 bits per heavy atom. The summed E-state index contributed by atoms with van der Waals surface area (Å²) in [5.74, 6) is 0.939. The van der Waals surface area contributed by atoms with Crippen LogP contribution in [0.5, 0.6) is 0 Å². The molecule has 2 aromatic heterocycles. The zero-order valence-electron chi connectivity index (χ0n) is 16.0. The number of fused-ring (bicyclic) bond motifs is 2. The second-order valence-corrected chi connectivity index (χ2v) is 7.52. The first-order valence-corrected chi connectivity index (χ1v) is 9.41. The van der Waals surface area contributed by atoms with Gasteiger partial charge in [0, 0.05) is 19.1 Å². The zero-order valence-corrected chi connectivity index (χ0v) is 16.0. The molecule has 28 heavy (non-hydrogen) atoms. The smallest absolute Gasteiger partial charge is 0.292 e. The lowest BCUT2D eigenvalue weighted by Crippen LogP contribution is -2.31. The van der Waals surface area contributed by atoms with Gasteiger partial charge in [0.05, 0.1) is 17.2 Å². The summed E-state index contributed by atoms with van der Waals surface area (Å²) >= 11 is 0. The van der Waals surface area contributed by atoms with E-state index < -0.39 is 0 Å². The van der Waals surface area contributed by atoms with Crippen LogP contribution in [0.3, 0.4) is 0 Å². The molecular formula is C21H22N6O. The Kier molecular flexibility index (Phi) is 3.91. The molecule has 142 valence electrons. The highest BCUT2D eigenvalue weighted by atomic mass is 16.4. The SMILES string of the molecule is CN(C)C1CCN(c2cnc3ccc(-c4ccc5oc(N)nc5c4)cc3n2)C1. The van der Waals surface area contributed by atoms with Crippen molar-refractivity contribution in [3.05, 3.63) is 42.6 Å². The predicted octanol–water partition coefficient (Wildman–Crippen LogP) is 3.16. The second-order valence-electron chi connectivity index (χ2n) is 7.52. The Balaban J connectivity index is 1.50. The number of hydrogen-bond donors (Lipinski definition) is 1. The van der Waals surface area contributed by atoms with Gasteiger partial charge in [-0.15, -0.1) is 0 Å². The summed E-state index contributed by atoms with van der Waals surface area (Å²) in [5, 5.41) is 0. The molecule has 7 nitrogen and oxygen atoms in total. The number of nitrogens with zero attached hydrogens (tertiary/aromatic N) is 5. The van der Waals surface area contributed by atoms with Crippen molar-refractivity contribution >= 4 is 34.0 Å². The molecule has 2 N–H and O–H groups in total. The third-order valence-electron chi connectivity index (χ3n) is 5.48. The van der Waals surface area contributed by atoms with E-state index in [0.717, 1.165) is 53.0 Å². The van der Waals surface area contributed by atoms with Crippen molar-refractivity contribution in [2.24, 2.45) is 0 Å². The maximum Gasteiger partial charge on any atom is 0.292 e. The Hall–Kier alpha value is -3.19. The van der Waals surface area contributed by atoms with Gasteiger partial charge in [0.15, 0.2) is 5.58 Å². The van der Waals surface area contributed by atoms with E-state index in [1.165, 1.54) is 0 Å². The van der Waals surface area contributed by atoms with Crippen LogP contribution in [0.1, 0.15) is 6.42 Å². The number of likely N-dealkylation sites (N-methyl/N-ethyl adjacent to an activating group) is 1. The molecule has 0 spiro atoms. The van der Waals surface area contributed by atoms with Gasteiger partial charge in [-0.2, -0.15) is 4.98 Å². The summed E-state index contributed by atoms with van der Waals surface area (Å²) in [5.41, 5.74) is 11.0. The maximum absolute atomic E-state index is 5.65. The second kappa shape index (κ2) is 6.45. The van der Waals surface area contributed by atoms with Crippen molar-refractivity contribution in [1.29, 1.82) is 0 Å². The molecule has 1 aliphatic heterocycles. The molecule has 1 aliphatic rings. The monoisotopic (exact) mass is 374 g/mol. The number of benzene rings is 2. The highest BCUT2D eigenvalue weighted by molar-refractivity contribution is 5.86. The fourth-order valence-corrected chi connectivity index (χ4v) is 3.83. The minimum Gasteiger partial charge on any atom is -0.424 e. The van der Waals surface area contributed by atoms with Crippen molar-refractivity contribution in [2.45, 2.75) is 12.5 Å². The number of nitrogen functional groups attached to an aromatic ring is 1. The van der Waals surface area contributed by atoms with Gasteiger partial charge in [0.1, 0.15) is 11.3 Å². The van der Waals surface area contributed by atoms with Gasteiger partial charge < -0.3 is 20.0 Å². The molecule has 0 saturated carbocycles. The predicted molar refractivity (Wildman–Crippen MR) is 111 cm³/mol. The zero-order chi connectivity index (χ0) is 19.3. The summed E-state index contributed by atoms with van der Waals surface area (Å²) in [7, 11) is 4.26. The summed E-state index contributed by atoms with van der Waals surface area (Å²) in [6.45, 7) is 1.99. The number of anilines is 2. The first kappa shape index (κ1) is 16.9. The van der Waals surface area contributed by atoms with Crippen LogP contribution in [0.25, 0.3) is 33.3 Å². The van der Waals surface area contributed by atoms with Crippen molar-refractivity contribution < 1.29 is 4.42 Å². The lowest BCUT2D eigenvalue weighted by Gasteiger charge is -2.21. The molecule has 3 heterocycles. The Labute approximate surface area is 162 Å². The van der Waals surface area contributed by atoms with Gasteiger partial charge in [-0.3, -0.25) is 4.98 Å². The molecule has 2 aromatic carbocycles. The first-order chi connectivity index (χ1) is 13.6. The van der Waals surface area contributed by atoms with E-state index in [9.17, 15) is 0 Å². The number of nitrogens with two attached hydrogens (primary N) is 1. The van der Waals surface area contributed by atoms with Gasteiger partial charge in [0.2, 0.25) is 0 Å². The van der Waals surface area contributed by atoms with E-state index in [1.807, 2.05) is 30.5 Å². The molecule has 1 fully saturated rings. The highest BCUT2D eigenvalue weighted by Crippen LogP contribution is 2.28. The van der Waals surface area contributed by atoms with Gasteiger partial charge in [0.25, 0.3) is 6.01 Å². The number of aromatic nitrogens is 3. The number of rotatable bonds is 3.